The fraction of sp³-hybridized carbons (Fsp3) is 0.577. The first-order valence-corrected chi connectivity index (χ1v) is 12.7. The molecule has 0 aromatic heterocycles. The molecule has 200 valence electrons. The van der Waals surface area contributed by atoms with Gasteiger partial charge >= 0.3 is 12.5 Å². The van der Waals surface area contributed by atoms with E-state index in [1.54, 1.807) is 11.0 Å². The molecule has 1 aromatic rings. The summed E-state index contributed by atoms with van der Waals surface area (Å²) >= 11 is 0. The summed E-state index contributed by atoms with van der Waals surface area (Å²) < 4.78 is 46.1. The summed E-state index contributed by atoms with van der Waals surface area (Å²) in [4.78, 5) is 41.2. The molecule has 4 aliphatic rings. The minimum atomic E-state index is -4.74. The van der Waals surface area contributed by atoms with Gasteiger partial charge in [0.05, 0.1) is 6.04 Å². The van der Waals surface area contributed by atoms with Crippen molar-refractivity contribution in [1.82, 2.24) is 15.1 Å². The summed E-state index contributed by atoms with van der Waals surface area (Å²) in [6.07, 6.45) is 1.37. The molecule has 0 radical (unpaired) electrons. The van der Waals surface area contributed by atoms with E-state index in [4.69, 9.17) is 4.74 Å². The van der Waals surface area contributed by atoms with E-state index in [0.717, 1.165) is 25.7 Å². The van der Waals surface area contributed by atoms with Gasteiger partial charge in [-0.15, -0.1) is 13.2 Å². The summed E-state index contributed by atoms with van der Waals surface area (Å²) in [5.41, 5.74) is 0.598. The van der Waals surface area contributed by atoms with Crippen LogP contribution in [0.5, 0.6) is 5.75 Å². The minimum Gasteiger partial charge on any atom is -0.444 e. The molecule has 3 heterocycles. The predicted octanol–water partition coefficient (Wildman–Crippen LogP) is 3.57. The van der Waals surface area contributed by atoms with E-state index in [1.807, 2.05) is 4.90 Å². The third kappa shape index (κ3) is 6.02. The maximum absolute atomic E-state index is 13.2. The second-order valence-electron chi connectivity index (χ2n) is 10.3. The van der Waals surface area contributed by atoms with Gasteiger partial charge in [0.1, 0.15) is 11.9 Å². The normalized spacial score (nSPS) is 29.8. The zero-order valence-corrected chi connectivity index (χ0v) is 20.3. The van der Waals surface area contributed by atoms with Crippen LogP contribution in [0.15, 0.2) is 30.3 Å². The number of halogens is 3. The van der Waals surface area contributed by atoms with Crippen LogP contribution in [0.25, 0.3) is 6.08 Å². The Balaban J connectivity index is 1.10. The highest BCUT2D eigenvalue weighted by Gasteiger charge is 2.44. The molecule has 1 aliphatic carbocycles. The number of rotatable bonds is 4. The average Bonchev–Trinajstić information content (AvgIpc) is 3.37. The van der Waals surface area contributed by atoms with Gasteiger partial charge in [0.2, 0.25) is 11.8 Å². The number of likely N-dealkylation sites (tertiary alicyclic amines) is 2. The van der Waals surface area contributed by atoms with Gasteiger partial charge < -0.3 is 24.6 Å². The Morgan fingerprint density at radius 2 is 1.68 bits per heavy atom. The minimum absolute atomic E-state index is 0.0153. The van der Waals surface area contributed by atoms with Crippen LogP contribution in [0, 0.1) is 17.8 Å². The van der Waals surface area contributed by atoms with Crippen LogP contribution in [-0.4, -0.2) is 72.4 Å². The molecule has 1 N–H and O–H groups in total. The van der Waals surface area contributed by atoms with E-state index in [2.05, 4.69) is 10.1 Å². The number of ether oxygens (including phenoxy) is 2. The number of carbonyl (C=O) groups is 3. The van der Waals surface area contributed by atoms with E-state index in [9.17, 15) is 27.6 Å². The van der Waals surface area contributed by atoms with Crippen LogP contribution in [0.4, 0.5) is 18.0 Å². The number of hydrogen-bond acceptors (Lipinski definition) is 5. The number of alkyl halides is 3. The lowest BCUT2D eigenvalue weighted by Gasteiger charge is -2.31. The standard InChI is InChI=1S/C26H30F3N3O5/c27-26(28,29)37-20-5-1-16(2-6-20)3-8-23(33)31-11-9-18-14-32(15-19(18)10-12-31)24(34)17-4-7-21-22(13-17)36-25(35)30-21/h1-3,5-6,8,17-19,21-22H,4,7,9-15H2,(H,30,35)/b8-3+/t17-,18-,19-,21-,22?/m0/s1. The van der Waals surface area contributed by atoms with Crippen molar-refractivity contribution in [3.8, 4) is 5.75 Å². The van der Waals surface area contributed by atoms with Gasteiger partial charge in [0.15, 0.2) is 0 Å². The number of carbonyl (C=O) groups excluding carboxylic acids is 3. The summed E-state index contributed by atoms with van der Waals surface area (Å²) in [5.74, 6) is 0.267. The SMILES string of the molecule is O=C1N[C@H]2CC[C@H](C(=O)N3C[C@@H]4CCN(C(=O)/C=C/c5ccc(OC(F)(F)F)cc5)CC[C@H]4C3)CC2O1. The van der Waals surface area contributed by atoms with E-state index in [-0.39, 0.29) is 35.6 Å². The Morgan fingerprint density at radius 3 is 2.32 bits per heavy atom. The van der Waals surface area contributed by atoms with Crippen molar-refractivity contribution in [2.45, 2.75) is 50.6 Å². The van der Waals surface area contributed by atoms with Crippen molar-refractivity contribution in [2.24, 2.45) is 17.8 Å². The molecular formula is C26H30F3N3O5. The molecule has 5 rings (SSSR count). The lowest BCUT2D eigenvalue weighted by Crippen LogP contribution is -2.43. The number of benzene rings is 1. The van der Waals surface area contributed by atoms with Gasteiger partial charge in [-0.2, -0.15) is 0 Å². The highest BCUT2D eigenvalue weighted by molar-refractivity contribution is 5.91. The third-order valence-electron chi connectivity index (χ3n) is 7.97. The van der Waals surface area contributed by atoms with Crippen molar-refractivity contribution >= 4 is 24.0 Å². The summed E-state index contributed by atoms with van der Waals surface area (Å²) in [6.45, 7) is 2.58. The molecular weight excluding hydrogens is 491 g/mol. The summed E-state index contributed by atoms with van der Waals surface area (Å²) in [7, 11) is 0. The molecule has 0 spiro atoms. The van der Waals surface area contributed by atoms with Gasteiger partial charge in [-0.1, -0.05) is 12.1 Å². The molecule has 0 bridgehead atoms. The molecule has 11 heteroatoms. The van der Waals surface area contributed by atoms with Crippen molar-refractivity contribution in [1.29, 1.82) is 0 Å². The van der Waals surface area contributed by atoms with Gasteiger partial charge in [0.25, 0.3) is 0 Å². The fourth-order valence-corrected chi connectivity index (χ4v) is 6.03. The molecule has 3 saturated heterocycles. The van der Waals surface area contributed by atoms with Crippen molar-refractivity contribution < 1.29 is 37.0 Å². The van der Waals surface area contributed by atoms with Crippen LogP contribution in [-0.2, 0) is 14.3 Å². The Bertz CT molecular complexity index is 1040. The molecule has 1 aromatic carbocycles. The van der Waals surface area contributed by atoms with Gasteiger partial charge in [0, 0.05) is 38.2 Å². The smallest absolute Gasteiger partial charge is 0.444 e. The summed E-state index contributed by atoms with van der Waals surface area (Å²) in [5, 5.41) is 2.81. The number of nitrogens with zero attached hydrogens (tertiary/aromatic N) is 2. The lowest BCUT2D eigenvalue weighted by atomic mass is 9.83. The van der Waals surface area contributed by atoms with E-state index >= 15 is 0 Å². The third-order valence-corrected chi connectivity index (χ3v) is 7.97. The number of alkyl carbamates (subject to hydrolysis) is 1. The fourth-order valence-electron chi connectivity index (χ4n) is 6.03. The zero-order chi connectivity index (χ0) is 26.2. The second-order valence-corrected chi connectivity index (χ2v) is 10.3. The Kier molecular flexibility index (Phi) is 7.04. The molecule has 8 nitrogen and oxygen atoms in total. The van der Waals surface area contributed by atoms with Crippen molar-refractivity contribution in [2.75, 3.05) is 26.2 Å². The highest BCUT2D eigenvalue weighted by atomic mass is 19.4. The molecule has 37 heavy (non-hydrogen) atoms. The first-order chi connectivity index (χ1) is 17.6. The molecule has 1 unspecified atom stereocenters. The Morgan fingerprint density at radius 1 is 1.00 bits per heavy atom. The topological polar surface area (TPSA) is 88.2 Å². The molecule has 1 saturated carbocycles. The Labute approximate surface area is 212 Å². The highest BCUT2D eigenvalue weighted by Crippen LogP contribution is 2.36. The predicted molar refractivity (Wildman–Crippen MR) is 126 cm³/mol. The molecule has 5 atom stereocenters. The molecule has 4 fully saturated rings. The van der Waals surface area contributed by atoms with Crippen LogP contribution in [0.2, 0.25) is 0 Å². The van der Waals surface area contributed by atoms with Gasteiger partial charge in [-0.3, -0.25) is 9.59 Å². The lowest BCUT2D eigenvalue weighted by molar-refractivity contribution is -0.274. The van der Waals surface area contributed by atoms with E-state index in [0.29, 0.717) is 50.0 Å². The number of nitrogens with one attached hydrogen (secondary N) is 1. The second kappa shape index (κ2) is 10.3. The first kappa shape index (κ1) is 25.4. The first-order valence-electron chi connectivity index (χ1n) is 12.7. The van der Waals surface area contributed by atoms with Crippen LogP contribution >= 0.6 is 0 Å². The van der Waals surface area contributed by atoms with Crippen LogP contribution < -0.4 is 10.1 Å². The molecule has 3 amide bonds. The maximum atomic E-state index is 13.2. The number of amides is 3. The Hall–Kier alpha value is -3.24. The van der Waals surface area contributed by atoms with Crippen LogP contribution in [0.3, 0.4) is 0 Å². The van der Waals surface area contributed by atoms with Crippen LogP contribution in [0.1, 0.15) is 37.7 Å². The van der Waals surface area contributed by atoms with Crippen molar-refractivity contribution in [3.05, 3.63) is 35.9 Å². The number of hydrogen-bond donors (Lipinski definition) is 1. The monoisotopic (exact) mass is 521 g/mol. The average molecular weight is 522 g/mol. The number of fused-ring (bicyclic) bond motifs is 2. The zero-order valence-electron chi connectivity index (χ0n) is 20.3. The quantitative estimate of drug-likeness (QED) is 0.613. The van der Waals surface area contributed by atoms with Gasteiger partial charge in [-0.05, 0) is 67.7 Å². The largest absolute Gasteiger partial charge is 0.573 e. The summed E-state index contributed by atoms with van der Waals surface area (Å²) in [6, 6.07) is 5.36. The van der Waals surface area contributed by atoms with E-state index in [1.165, 1.54) is 30.3 Å². The van der Waals surface area contributed by atoms with Crippen molar-refractivity contribution in [3.63, 3.8) is 0 Å². The maximum Gasteiger partial charge on any atom is 0.573 e. The van der Waals surface area contributed by atoms with Gasteiger partial charge in [-0.25, -0.2) is 4.79 Å². The molecule has 3 aliphatic heterocycles. The van der Waals surface area contributed by atoms with E-state index < -0.39 is 12.5 Å².